The summed E-state index contributed by atoms with van der Waals surface area (Å²) in [4.78, 5) is 24.3. The van der Waals surface area contributed by atoms with Gasteiger partial charge in [-0.2, -0.15) is 0 Å². The van der Waals surface area contributed by atoms with Gasteiger partial charge in [-0.3, -0.25) is 4.79 Å². The van der Waals surface area contributed by atoms with Gasteiger partial charge in [0.15, 0.2) is 5.82 Å². The van der Waals surface area contributed by atoms with Crippen molar-refractivity contribution >= 4 is 28.4 Å². The van der Waals surface area contributed by atoms with Crippen LogP contribution in [-0.2, 0) is 11.2 Å². The van der Waals surface area contributed by atoms with Crippen LogP contribution in [0.4, 0.5) is 11.5 Å². The number of hydrogen-bond donors (Lipinski definition) is 1. The highest BCUT2D eigenvalue weighted by atomic mass is 16.5. The van der Waals surface area contributed by atoms with Crippen LogP contribution in [0.25, 0.3) is 11.0 Å². The van der Waals surface area contributed by atoms with E-state index in [1.54, 1.807) is 7.11 Å². The van der Waals surface area contributed by atoms with Crippen molar-refractivity contribution in [2.45, 2.75) is 26.2 Å². The van der Waals surface area contributed by atoms with Gasteiger partial charge in [-0.25, -0.2) is 9.97 Å². The molecule has 0 radical (unpaired) electrons. The first kappa shape index (κ1) is 19.2. The molecule has 0 saturated carbocycles. The van der Waals surface area contributed by atoms with Gasteiger partial charge < -0.3 is 15.0 Å². The van der Waals surface area contributed by atoms with Crippen LogP contribution in [0.5, 0.6) is 5.88 Å². The number of carbonyl (C=O) groups excluding carboxylic acids is 1. The summed E-state index contributed by atoms with van der Waals surface area (Å²) in [5.41, 5.74) is 3.72. The molecular weight excluding hydrogens is 364 g/mol. The molecule has 150 valence electrons. The summed E-state index contributed by atoms with van der Waals surface area (Å²) in [5, 5.41) is 3.06. The maximum atomic E-state index is 12.9. The SMILES string of the molecule is CCc1ccc(NC(=O)[C@H]2CCCN(c3nc4ccccc4nc3OC)C2)cc1. The number of fused-ring (bicyclic) bond motifs is 1. The third-order valence-corrected chi connectivity index (χ3v) is 5.44. The highest BCUT2D eigenvalue weighted by Gasteiger charge is 2.28. The van der Waals surface area contributed by atoms with E-state index < -0.39 is 0 Å². The predicted molar refractivity (Wildman–Crippen MR) is 115 cm³/mol. The number of para-hydroxylation sites is 2. The fourth-order valence-electron chi connectivity index (χ4n) is 3.77. The zero-order valence-electron chi connectivity index (χ0n) is 16.9. The van der Waals surface area contributed by atoms with E-state index in [0.29, 0.717) is 18.2 Å². The molecule has 0 unspecified atom stereocenters. The van der Waals surface area contributed by atoms with Gasteiger partial charge in [0.05, 0.1) is 24.1 Å². The molecule has 4 rings (SSSR count). The number of nitrogens with zero attached hydrogens (tertiary/aromatic N) is 3. The molecular formula is C23H26N4O2. The monoisotopic (exact) mass is 390 g/mol. The number of aryl methyl sites for hydroxylation is 1. The number of rotatable bonds is 5. The summed E-state index contributed by atoms with van der Waals surface area (Å²) < 4.78 is 5.50. The average Bonchev–Trinajstić information content (AvgIpc) is 2.78. The molecule has 29 heavy (non-hydrogen) atoms. The zero-order chi connectivity index (χ0) is 20.2. The highest BCUT2D eigenvalue weighted by Crippen LogP contribution is 2.30. The Hall–Kier alpha value is -3.15. The second kappa shape index (κ2) is 8.47. The summed E-state index contributed by atoms with van der Waals surface area (Å²) in [5.74, 6) is 1.15. The largest absolute Gasteiger partial charge is 0.478 e. The molecule has 2 heterocycles. The standard InChI is InChI=1S/C23H26N4O2/c1-3-16-10-12-18(13-11-16)24-22(28)17-7-6-14-27(15-17)21-23(29-2)26-20-9-5-4-8-19(20)25-21/h4-5,8-13,17H,3,6-7,14-15H2,1-2H3,(H,24,28)/t17-/m0/s1. The van der Waals surface area contributed by atoms with Crippen LogP contribution in [0.2, 0.25) is 0 Å². The van der Waals surface area contributed by atoms with Crippen LogP contribution in [0.3, 0.4) is 0 Å². The first-order valence-corrected chi connectivity index (χ1v) is 10.1. The van der Waals surface area contributed by atoms with E-state index in [1.807, 2.05) is 36.4 Å². The van der Waals surface area contributed by atoms with Crippen molar-refractivity contribution < 1.29 is 9.53 Å². The number of benzene rings is 2. The minimum atomic E-state index is -0.104. The molecule has 1 aliphatic rings. The normalized spacial score (nSPS) is 16.6. The van der Waals surface area contributed by atoms with Crippen LogP contribution in [-0.4, -0.2) is 36.1 Å². The molecule has 1 aromatic heterocycles. The molecule has 2 aromatic carbocycles. The van der Waals surface area contributed by atoms with Crippen molar-refractivity contribution in [2.75, 3.05) is 30.4 Å². The van der Waals surface area contributed by atoms with E-state index in [9.17, 15) is 4.79 Å². The van der Waals surface area contributed by atoms with E-state index in [4.69, 9.17) is 9.72 Å². The van der Waals surface area contributed by atoms with Gasteiger partial charge in [0.1, 0.15) is 0 Å². The number of carbonyl (C=O) groups is 1. The number of aromatic nitrogens is 2. The molecule has 1 fully saturated rings. The Morgan fingerprint density at radius 2 is 1.86 bits per heavy atom. The minimum Gasteiger partial charge on any atom is -0.478 e. The van der Waals surface area contributed by atoms with E-state index in [2.05, 4.69) is 34.3 Å². The molecule has 0 aliphatic carbocycles. The lowest BCUT2D eigenvalue weighted by Gasteiger charge is -2.33. The lowest BCUT2D eigenvalue weighted by atomic mass is 9.97. The lowest BCUT2D eigenvalue weighted by molar-refractivity contribution is -0.120. The molecule has 1 aliphatic heterocycles. The molecule has 1 N–H and O–H groups in total. The van der Waals surface area contributed by atoms with E-state index in [0.717, 1.165) is 42.5 Å². The van der Waals surface area contributed by atoms with Crippen molar-refractivity contribution in [3.8, 4) is 5.88 Å². The number of piperidine rings is 1. The first-order chi connectivity index (χ1) is 14.2. The van der Waals surface area contributed by atoms with Crippen molar-refractivity contribution in [3.05, 3.63) is 54.1 Å². The Kier molecular flexibility index (Phi) is 5.60. The molecule has 3 aromatic rings. The number of ether oxygens (including phenoxy) is 1. The average molecular weight is 390 g/mol. The van der Waals surface area contributed by atoms with Crippen molar-refractivity contribution in [1.82, 2.24) is 9.97 Å². The van der Waals surface area contributed by atoms with Gasteiger partial charge >= 0.3 is 0 Å². The molecule has 1 amide bonds. The number of anilines is 2. The van der Waals surface area contributed by atoms with E-state index in [-0.39, 0.29) is 11.8 Å². The quantitative estimate of drug-likeness (QED) is 0.712. The fraction of sp³-hybridized carbons (Fsp3) is 0.348. The fourth-order valence-corrected chi connectivity index (χ4v) is 3.77. The molecule has 0 bridgehead atoms. The second-order valence-electron chi connectivity index (χ2n) is 7.37. The third kappa shape index (κ3) is 4.16. The summed E-state index contributed by atoms with van der Waals surface area (Å²) in [6.45, 7) is 3.55. The Morgan fingerprint density at radius 3 is 2.55 bits per heavy atom. The van der Waals surface area contributed by atoms with E-state index >= 15 is 0 Å². The Balaban J connectivity index is 1.51. The Bertz CT molecular complexity index is 1000. The Labute approximate surface area is 170 Å². The number of amides is 1. The predicted octanol–water partition coefficient (Wildman–Crippen LogP) is 4.06. The molecule has 0 spiro atoms. The van der Waals surface area contributed by atoms with Crippen LogP contribution >= 0.6 is 0 Å². The van der Waals surface area contributed by atoms with Crippen LogP contribution < -0.4 is 15.0 Å². The maximum Gasteiger partial charge on any atom is 0.257 e. The second-order valence-corrected chi connectivity index (χ2v) is 7.37. The van der Waals surface area contributed by atoms with Gasteiger partial charge in [-0.05, 0) is 49.1 Å². The van der Waals surface area contributed by atoms with Crippen LogP contribution in [0.1, 0.15) is 25.3 Å². The first-order valence-electron chi connectivity index (χ1n) is 10.1. The van der Waals surface area contributed by atoms with Gasteiger partial charge in [0, 0.05) is 18.8 Å². The number of nitrogens with one attached hydrogen (secondary N) is 1. The molecule has 1 atom stereocenters. The topological polar surface area (TPSA) is 67.4 Å². The van der Waals surface area contributed by atoms with Crippen molar-refractivity contribution in [1.29, 1.82) is 0 Å². The van der Waals surface area contributed by atoms with Crippen LogP contribution in [0.15, 0.2) is 48.5 Å². The smallest absolute Gasteiger partial charge is 0.257 e. The lowest BCUT2D eigenvalue weighted by Crippen LogP contribution is -2.41. The van der Waals surface area contributed by atoms with Crippen LogP contribution in [0, 0.1) is 5.92 Å². The summed E-state index contributed by atoms with van der Waals surface area (Å²) in [6.07, 6.45) is 2.77. The number of methoxy groups -OCH3 is 1. The van der Waals surface area contributed by atoms with Crippen molar-refractivity contribution in [2.24, 2.45) is 5.92 Å². The maximum absolute atomic E-state index is 12.9. The summed E-state index contributed by atoms with van der Waals surface area (Å²) in [7, 11) is 1.61. The minimum absolute atomic E-state index is 0.0478. The summed E-state index contributed by atoms with van der Waals surface area (Å²) in [6, 6.07) is 15.8. The zero-order valence-corrected chi connectivity index (χ0v) is 16.9. The van der Waals surface area contributed by atoms with Crippen molar-refractivity contribution in [3.63, 3.8) is 0 Å². The van der Waals surface area contributed by atoms with Gasteiger partial charge in [-0.1, -0.05) is 31.2 Å². The van der Waals surface area contributed by atoms with Gasteiger partial charge in [-0.15, -0.1) is 0 Å². The van der Waals surface area contributed by atoms with E-state index in [1.165, 1.54) is 5.56 Å². The third-order valence-electron chi connectivity index (χ3n) is 5.44. The molecule has 6 heteroatoms. The van der Waals surface area contributed by atoms with Gasteiger partial charge in [0.25, 0.3) is 5.88 Å². The number of hydrogen-bond acceptors (Lipinski definition) is 5. The highest BCUT2D eigenvalue weighted by molar-refractivity contribution is 5.93. The molecule has 6 nitrogen and oxygen atoms in total. The molecule has 1 saturated heterocycles. The Morgan fingerprint density at radius 1 is 1.14 bits per heavy atom. The summed E-state index contributed by atoms with van der Waals surface area (Å²) >= 11 is 0. The van der Waals surface area contributed by atoms with Gasteiger partial charge in [0.2, 0.25) is 5.91 Å².